The third-order valence-electron chi connectivity index (χ3n) is 3.20. The number of hydrogen-bond donors (Lipinski definition) is 0. The van der Waals surface area contributed by atoms with E-state index in [4.69, 9.17) is 4.74 Å². The van der Waals surface area contributed by atoms with Gasteiger partial charge < -0.3 is 9.64 Å². The number of thiol groups is 1. The molecule has 0 saturated carbocycles. The van der Waals surface area contributed by atoms with E-state index in [-0.39, 0.29) is 5.97 Å². The van der Waals surface area contributed by atoms with Gasteiger partial charge in [-0.3, -0.25) is 0 Å². The van der Waals surface area contributed by atoms with Gasteiger partial charge in [0.2, 0.25) is 0 Å². The fourth-order valence-corrected chi connectivity index (χ4v) is 2.81. The second kappa shape index (κ2) is 8.62. The van der Waals surface area contributed by atoms with Crippen LogP contribution in [0.3, 0.4) is 0 Å². The largest absolute Gasteiger partial charge is 0.465 e. The number of ether oxygens (including phenoxy) is 1. The van der Waals surface area contributed by atoms with Crippen molar-refractivity contribution in [1.82, 2.24) is 0 Å². The third-order valence-corrected chi connectivity index (χ3v) is 4.20. The predicted molar refractivity (Wildman–Crippen MR) is 88.7 cm³/mol. The molecular formula is C16H24NO3S+. The molecule has 0 aromatic heterocycles. The van der Waals surface area contributed by atoms with Gasteiger partial charge in [0.25, 0.3) is 0 Å². The van der Waals surface area contributed by atoms with Crippen LogP contribution >= 0.6 is 0 Å². The van der Waals surface area contributed by atoms with Gasteiger partial charge >= 0.3 is 5.97 Å². The highest BCUT2D eigenvalue weighted by molar-refractivity contribution is 7.84. The molecule has 0 aliphatic carbocycles. The maximum Gasteiger partial charge on any atom is 0.339 e. The zero-order chi connectivity index (χ0) is 15.8. The zero-order valence-electron chi connectivity index (χ0n) is 13.0. The Morgan fingerprint density at radius 3 is 2.43 bits per heavy atom. The summed E-state index contributed by atoms with van der Waals surface area (Å²) < 4.78 is 16.4. The summed E-state index contributed by atoms with van der Waals surface area (Å²) in [6.07, 6.45) is 5.68. The van der Waals surface area contributed by atoms with E-state index in [1.807, 2.05) is 13.0 Å². The van der Waals surface area contributed by atoms with Gasteiger partial charge in [-0.15, -0.1) is 10.8 Å². The number of carbonyl (C=O) groups is 1. The van der Waals surface area contributed by atoms with E-state index in [9.17, 15) is 9.00 Å². The summed E-state index contributed by atoms with van der Waals surface area (Å²) in [4.78, 5) is 14.7. The molecule has 1 aromatic rings. The Bertz CT molecular complexity index is 522. The minimum atomic E-state index is -1.39. The van der Waals surface area contributed by atoms with Gasteiger partial charge in [-0.1, -0.05) is 6.08 Å². The van der Waals surface area contributed by atoms with Crippen molar-refractivity contribution in [2.45, 2.75) is 24.7 Å². The average Bonchev–Trinajstić information content (AvgIpc) is 3.00. The molecule has 116 valence electrons. The Morgan fingerprint density at radius 1 is 1.38 bits per heavy atom. The molecule has 2 rings (SSSR count). The maximum atomic E-state index is 11.8. The van der Waals surface area contributed by atoms with E-state index >= 15 is 0 Å². The summed E-state index contributed by atoms with van der Waals surface area (Å²) in [5, 5.41) is 0. The minimum absolute atomic E-state index is 0.338. The van der Waals surface area contributed by atoms with Crippen molar-refractivity contribution in [3.63, 3.8) is 0 Å². The Balaban J connectivity index is 0.000000677. The Kier molecular flexibility index (Phi) is 7.15. The van der Waals surface area contributed by atoms with Gasteiger partial charge in [0.15, 0.2) is 4.90 Å². The summed E-state index contributed by atoms with van der Waals surface area (Å²) in [5.41, 5.74) is 1.40. The second-order valence-electron chi connectivity index (χ2n) is 4.79. The number of anilines is 1. The molecule has 1 aliphatic heterocycles. The van der Waals surface area contributed by atoms with E-state index in [2.05, 4.69) is 11.5 Å². The molecule has 1 aromatic carbocycles. The lowest BCUT2D eigenvalue weighted by Gasteiger charge is -2.20. The van der Waals surface area contributed by atoms with Crippen LogP contribution in [-0.2, 0) is 19.7 Å². The lowest BCUT2D eigenvalue weighted by Crippen LogP contribution is -2.21. The van der Waals surface area contributed by atoms with Crippen LogP contribution in [0.5, 0.6) is 0 Å². The van der Waals surface area contributed by atoms with Gasteiger partial charge in [-0.2, -0.15) is 0 Å². The lowest BCUT2D eigenvalue weighted by molar-refractivity contribution is 0.0601. The lowest BCUT2D eigenvalue weighted by atomic mass is 10.1. The normalized spacial score (nSPS) is 14.9. The molecule has 0 N–H and O–H groups in total. The number of carbonyl (C=O) groups excluding carboxylic acids is 1. The van der Waals surface area contributed by atoms with Crippen LogP contribution in [0.15, 0.2) is 35.7 Å². The van der Waals surface area contributed by atoms with Crippen LogP contribution in [0.1, 0.15) is 30.1 Å². The van der Waals surface area contributed by atoms with Crippen LogP contribution in [0.2, 0.25) is 0 Å². The minimum Gasteiger partial charge on any atom is -0.465 e. The third kappa shape index (κ3) is 4.70. The molecule has 4 nitrogen and oxygen atoms in total. The highest BCUT2D eigenvalue weighted by Gasteiger charge is 2.22. The molecule has 1 saturated heterocycles. The molecule has 0 amide bonds. The molecule has 0 bridgehead atoms. The number of methoxy groups -OCH3 is 1. The molecule has 0 radical (unpaired) electrons. The fourth-order valence-electron chi connectivity index (χ4n) is 2.22. The van der Waals surface area contributed by atoms with Crippen molar-refractivity contribution in [2.75, 3.05) is 31.4 Å². The summed E-state index contributed by atoms with van der Waals surface area (Å²) in [6.45, 7) is 7.13. The van der Waals surface area contributed by atoms with Crippen LogP contribution in [0, 0.1) is 0 Å². The summed E-state index contributed by atoms with van der Waals surface area (Å²) in [6, 6.07) is 5.31. The second-order valence-corrected chi connectivity index (χ2v) is 6.30. The van der Waals surface area contributed by atoms with Gasteiger partial charge in [-0.25, -0.2) is 4.79 Å². The number of benzene rings is 1. The van der Waals surface area contributed by atoms with Crippen LogP contribution in [0.25, 0.3) is 0 Å². The van der Waals surface area contributed by atoms with Crippen molar-refractivity contribution in [3.8, 4) is 0 Å². The Labute approximate surface area is 129 Å². The van der Waals surface area contributed by atoms with Crippen molar-refractivity contribution in [3.05, 3.63) is 36.4 Å². The number of nitrogens with zero attached hydrogens (tertiary/aromatic N) is 1. The molecule has 1 fully saturated rings. The van der Waals surface area contributed by atoms with E-state index in [0.717, 1.165) is 36.5 Å². The Morgan fingerprint density at radius 2 is 1.95 bits per heavy atom. The Hall–Kier alpha value is -1.62. The van der Waals surface area contributed by atoms with Gasteiger partial charge in [0, 0.05) is 19.2 Å². The predicted octanol–water partition coefficient (Wildman–Crippen LogP) is 2.95. The first-order chi connectivity index (χ1) is 10.0. The molecule has 1 aliphatic rings. The molecule has 1 unspecified atom stereocenters. The highest BCUT2D eigenvalue weighted by atomic mass is 32.2. The fraction of sp³-hybridized carbons (Fsp3) is 0.438. The zero-order valence-corrected chi connectivity index (χ0v) is 13.9. The van der Waals surface area contributed by atoms with Crippen molar-refractivity contribution >= 4 is 22.5 Å². The van der Waals surface area contributed by atoms with Gasteiger partial charge in [0.1, 0.15) is 17.1 Å². The molecule has 1 heterocycles. The van der Waals surface area contributed by atoms with E-state index in [1.165, 1.54) is 7.11 Å². The van der Waals surface area contributed by atoms with Crippen LogP contribution < -0.4 is 4.90 Å². The van der Waals surface area contributed by atoms with Gasteiger partial charge in [0.05, 0.1) is 18.4 Å². The van der Waals surface area contributed by atoms with E-state index in [0.29, 0.717) is 5.56 Å². The number of allylic oxidation sites excluding steroid dienone is 1. The van der Waals surface area contributed by atoms with Crippen LogP contribution in [-0.4, -0.2) is 32.4 Å². The SMILES string of the molecule is C=CC.COC(=O)c1ccc([SH+](C)=O)cc1N1CCCC1. The van der Waals surface area contributed by atoms with E-state index < -0.39 is 10.8 Å². The quantitative estimate of drug-likeness (QED) is 0.373. The topological polar surface area (TPSA) is 46.6 Å². The van der Waals surface area contributed by atoms with E-state index in [1.54, 1.807) is 24.5 Å². The monoisotopic (exact) mass is 310 g/mol. The molecule has 0 spiro atoms. The molecule has 21 heavy (non-hydrogen) atoms. The number of rotatable bonds is 3. The van der Waals surface area contributed by atoms with Crippen molar-refractivity contribution in [1.29, 1.82) is 0 Å². The first-order valence-corrected chi connectivity index (χ1v) is 8.71. The molecule has 5 heteroatoms. The van der Waals surface area contributed by atoms with Crippen molar-refractivity contribution < 1.29 is 13.7 Å². The maximum absolute atomic E-state index is 11.8. The average molecular weight is 310 g/mol. The molecular weight excluding hydrogens is 286 g/mol. The van der Waals surface area contributed by atoms with Gasteiger partial charge in [-0.05, 0) is 31.9 Å². The summed E-state index contributed by atoms with van der Waals surface area (Å²) >= 11 is 0. The van der Waals surface area contributed by atoms with Crippen molar-refractivity contribution in [2.24, 2.45) is 0 Å². The number of hydrogen-bond acceptors (Lipinski definition) is 4. The first-order valence-electron chi connectivity index (χ1n) is 7.00. The standard InChI is InChI=1S/C13H17NO3S.C3H6/c1-17-13(15)11-6-5-10(18(2)16)9-12(11)14-7-3-4-8-14;1-3-2/h5-6,9H,3-4,7-8H2,1-2H3;3H,1H2,2H3/p+1. The highest BCUT2D eigenvalue weighted by Crippen LogP contribution is 2.27. The smallest absolute Gasteiger partial charge is 0.339 e. The summed E-state index contributed by atoms with van der Waals surface area (Å²) in [7, 11) is -0.0116. The van der Waals surface area contributed by atoms with Crippen LogP contribution in [0.4, 0.5) is 5.69 Å². The first kappa shape index (κ1) is 17.4. The summed E-state index contributed by atoms with van der Waals surface area (Å²) in [5.74, 6) is -0.338. The molecule has 1 atom stereocenters. The number of esters is 1.